The Bertz CT molecular complexity index is 379. The summed E-state index contributed by atoms with van der Waals surface area (Å²) < 4.78 is 0. The second kappa shape index (κ2) is 5.99. The lowest BCUT2D eigenvalue weighted by molar-refractivity contribution is 0.416. The maximum absolute atomic E-state index is 5.83. The number of hydrogen-bond acceptors (Lipinski definition) is 5. The summed E-state index contributed by atoms with van der Waals surface area (Å²) in [5.74, 6) is 0. The highest BCUT2D eigenvalue weighted by Gasteiger charge is 2.23. The van der Waals surface area contributed by atoms with Crippen molar-refractivity contribution in [2.24, 2.45) is 5.73 Å². The number of hydrogen-bond donors (Lipinski definition) is 1. The third-order valence-corrected chi connectivity index (χ3v) is 3.98. The molecule has 0 bridgehead atoms. The average molecular weight is 270 g/mol. The van der Waals surface area contributed by atoms with Crippen LogP contribution in [-0.4, -0.2) is 44.1 Å². The molecule has 1 aromatic heterocycles. The minimum absolute atomic E-state index is 0.0614. The van der Waals surface area contributed by atoms with Gasteiger partial charge in [0.05, 0.1) is 5.69 Å². The fourth-order valence-corrected chi connectivity index (χ4v) is 2.81. The van der Waals surface area contributed by atoms with Crippen molar-refractivity contribution in [1.29, 1.82) is 0 Å². The number of nitrogens with zero attached hydrogens (tertiary/aromatic N) is 3. The van der Waals surface area contributed by atoms with Crippen LogP contribution in [0.15, 0.2) is 0 Å². The molecule has 2 N–H and O–H groups in total. The van der Waals surface area contributed by atoms with Gasteiger partial charge in [-0.15, -0.1) is 11.3 Å². The van der Waals surface area contributed by atoms with Crippen LogP contribution in [0.5, 0.6) is 0 Å². The fraction of sp³-hybridized carbons (Fsp3) is 0.769. The monoisotopic (exact) mass is 270 g/mol. The number of likely N-dealkylation sites (N-methyl/N-ethyl adjacent to an activating group) is 2. The standard InChI is InChI=1S/C13H26N4S/c1-13(2,3)11-10(9-14)18-12(15-11)17(6)8-7-16(4)5/h7-9,14H2,1-6H3. The quantitative estimate of drug-likeness (QED) is 0.887. The molecule has 1 rings (SSSR count). The Balaban J connectivity index is 2.88. The molecule has 1 heterocycles. The van der Waals surface area contributed by atoms with E-state index in [1.165, 1.54) is 4.88 Å². The molecule has 0 amide bonds. The van der Waals surface area contributed by atoms with Crippen LogP contribution in [-0.2, 0) is 12.0 Å². The summed E-state index contributed by atoms with van der Waals surface area (Å²) >= 11 is 1.72. The molecule has 0 aromatic carbocycles. The molecule has 104 valence electrons. The van der Waals surface area contributed by atoms with Gasteiger partial charge in [0, 0.05) is 37.0 Å². The first-order valence-corrected chi connectivity index (χ1v) is 7.13. The SMILES string of the molecule is CN(C)CCN(C)c1nc(C(C)(C)C)c(CN)s1. The predicted octanol–water partition coefficient (Wildman–Crippen LogP) is 1.90. The Hall–Kier alpha value is -0.650. The topological polar surface area (TPSA) is 45.4 Å². The first-order chi connectivity index (χ1) is 8.25. The maximum atomic E-state index is 5.83. The minimum Gasteiger partial charge on any atom is -0.350 e. The summed E-state index contributed by atoms with van der Waals surface area (Å²) in [5.41, 5.74) is 7.03. The van der Waals surface area contributed by atoms with Gasteiger partial charge in [-0.05, 0) is 14.1 Å². The van der Waals surface area contributed by atoms with Crippen LogP contribution in [0.1, 0.15) is 31.3 Å². The molecule has 0 atom stereocenters. The summed E-state index contributed by atoms with van der Waals surface area (Å²) in [6, 6.07) is 0. The van der Waals surface area contributed by atoms with E-state index in [2.05, 4.69) is 51.7 Å². The summed E-state index contributed by atoms with van der Waals surface area (Å²) in [5, 5.41) is 1.07. The molecule has 5 heteroatoms. The van der Waals surface area contributed by atoms with Gasteiger partial charge in [-0.3, -0.25) is 0 Å². The minimum atomic E-state index is 0.0614. The van der Waals surface area contributed by atoms with Crippen LogP contribution in [0.25, 0.3) is 0 Å². The smallest absolute Gasteiger partial charge is 0.185 e. The Morgan fingerprint density at radius 2 is 1.78 bits per heavy atom. The largest absolute Gasteiger partial charge is 0.350 e. The van der Waals surface area contributed by atoms with E-state index in [0.29, 0.717) is 6.54 Å². The molecule has 0 aliphatic carbocycles. The third-order valence-electron chi connectivity index (χ3n) is 2.79. The molecule has 0 aliphatic rings. The van der Waals surface area contributed by atoms with Gasteiger partial charge in [0.1, 0.15) is 0 Å². The van der Waals surface area contributed by atoms with E-state index in [-0.39, 0.29) is 5.41 Å². The third kappa shape index (κ3) is 3.93. The van der Waals surface area contributed by atoms with Gasteiger partial charge < -0.3 is 15.5 Å². The highest BCUT2D eigenvalue weighted by molar-refractivity contribution is 7.15. The van der Waals surface area contributed by atoms with Gasteiger partial charge in [0.15, 0.2) is 5.13 Å². The molecule has 0 saturated carbocycles. The van der Waals surface area contributed by atoms with Crippen molar-refractivity contribution in [3.05, 3.63) is 10.6 Å². The van der Waals surface area contributed by atoms with Crippen molar-refractivity contribution < 1.29 is 0 Å². The highest BCUT2D eigenvalue weighted by Crippen LogP contribution is 2.33. The van der Waals surface area contributed by atoms with E-state index in [1.54, 1.807) is 11.3 Å². The number of aromatic nitrogens is 1. The van der Waals surface area contributed by atoms with Crippen LogP contribution in [0.2, 0.25) is 0 Å². The molecular formula is C13H26N4S. The summed E-state index contributed by atoms with van der Waals surface area (Å²) in [7, 11) is 6.26. The van der Waals surface area contributed by atoms with Crippen molar-refractivity contribution in [2.75, 3.05) is 39.1 Å². The summed E-state index contributed by atoms with van der Waals surface area (Å²) in [6.07, 6.45) is 0. The Morgan fingerprint density at radius 3 is 2.17 bits per heavy atom. The normalized spacial score (nSPS) is 12.2. The van der Waals surface area contributed by atoms with Gasteiger partial charge in [0.25, 0.3) is 0 Å². The number of thiazole rings is 1. The summed E-state index contributed by atoms with van der Waals surface area (Å²) in [6.45, 7) is 9.14. The molecule has 0 unspecified atom stereocenters. The van der Waals surface area contributed by atoms with Crippen molar-refractivity contribution in [3.8, 4) is 0 Å². The highest BCUT2D eigenvalue weighted by atomic mass is 32.1. The van der Waals surface area contributed by atoms with Crippen LogP contribution in [0.3, 0.4) is 0 Å². The molecule has 1 aromatic rings. The molecule has 18 heavy (non-hydrogen) atoms. The second-order valence-corrected chi connectivity index (χ2v) is 7.01. The first kappa shape index (κ1) is 15.4. The van der Waals surface area contributed by atoms with Gasteiger partial charge in [-0.2, -0.15) is 0 Å². The zero-order chi connectivity index (χ0) is 13.9. The van der Waals surface area contributed by atoms with Gasteiger partial charge >= 0.3 is 0 Å². The van der Waals surface area contributed by atoms with Crippen LogP contribution in [0.4, 0.5) is 5.13 Å². The van der Waals surface area contributed by atoms with E-state index in [1.807, 2.05) is 0 Å². The Morgan fingerprint density at radius 1 is 1.17 bits per heavy atom. The van der Waals surface area contributed by atoms with Gasteiger partial charge in [-0.1, -0.05) is 20.8 Å². The van der Waals surface area contributed by atoms with Crippen molar-refractivity contribution in [2.45, 2.75) is 32.7 Å². The van der Waals surface area contributed by atoms with Crippen LogP contribution < -0.4 is 10.6 Å². The van der Waals surface area contributed by atoms with Gasteiger partial charge in [-0.25, -0.2) is 4.98 Å². The predicted molar refractivity (Wildman–Crippen MR) is 80.5 cm³/mol. The van der Waals surface area contributed by atoms with E-state index in [9.17, 15) is 0 Å². The van der Waals surface area contributed by atoms with E-state index in [4.69, 9.17) is 10.7 Å². The molecule has 0 spiro atoms. The average Bonchev–Trinajstić information content (AvgIpc) is 2.69. The van der Waals surface area contributed by atoms with Crippen molar-refractivity contribution in [3.63, 3.8) is 0 Å². The molecule has 0 aliphatic heterocycles. The van der Waals surface area contributed by atoms with E-state index < -0.39 is 0 Å². The molecule has 0 saturated heterocycles. The fourth-order valence-electron chi connectivity index (χ4n) is 1.67. The van der Waals surface area contributed by atoms with E-state index >= 15 is 0 Å². The Kier molecular flexibility index (Phi) is 5.13. The zero-order valence-electron chi connectivity index (χ0n) is 12.4. The Labute approximate surface area is 115 Å². The summed E-state index contributed by atoms with van der Waals surface area (Å²) in [4.78, 5) is 10.4. The molecule has 0 fully saturated rings. The van der Waals surface area contributed by atoms with Crippen molar-refractivity contribution >= 4 is 16.5 Å². The van der Waals surface area contributed by atoms with Crippen LogP contribution in [0, 0.1) is 0 Å². The lowest BCUT2D eigenvalue weighted by Crippen LogP contribution is -2.28. The number of nitrogens with two attached hydrogens (primary N) is 1. The first-order valence-electron chi connectivity index (χ1n) is 6.31. The maximum Gasteiger partial charge on any atom is 0.185 e. The molecule has 4 nitrogen and oxygen atoms in total. The van der Waals surface area contributed by atoms with E-state index in [0.717, 1.165) is 23.9 Å². The number of anilines is 1. The lowest BCUT2D eigenvalue weighted by Gasteiger charge is -2.19. The number of rotatable bonds is 5. The molecule has 0 radical (unpaired) electrons. The second-order valence-electron chi connectivity index (χ2n) is 5.95. The van der Waals surface area contributed by atoms with Crippen molar-refractivity contribution in [1.82, 2.24) is 9.88 Å². The zero-order valence-corrected chi connectivity index (χ0v) is 13.3. The lowest BCUT2D eigenvalue weighted by atomic mass is 9.91. The molecular weight excluding hydrogens is 244 g/mol. The van der Waals surface area contributed by atoms with Gasteiger partial charge in [0.2, 0.25) is 0 Å². The van der Waals surface area contributed by atoms with Crippen LogP contribution >= 0.6 is 11.3 Å².